The van der Waals surface area contributed by atoms with Gasteiger partial charge in [0.2, 0.25) is 0 Å². The number of anilines is 6. The number of hydrogen-bond acceptors (Lipinski definition) is 3. The Morgan fingerprint density at radius 1 is 0.389 bits per heavy atom. The van der Waals surface area contributed by atoms with Gasteiger partial charge >= 0.3 is 0 Å². The summed E-state index contributed by atoms with van der Waals surface area (Å²) in [5.41, 5.74) is 24.7. The Kier molecular flexibility index (Phi) is 11.4. The van der Waals surface area contributed by atoms with E-state index >= 15 is 0 Å². The standard InChI is InChI=1S/C68H54N4/c1-45-8-26-53(27-9-45)71(55-30-20-51(44-69)21-31-55)57-34-38-61-59-36-22-49(40-63(59)67(3,4)65(61)42-57)18-16-47-12-14-48(15-13-47)17-19-50-23-37-60-62-39-35-58(43-66(62)68(5,6)64(60)41-50)72(54-28-10-46(2)11-29-54)56-32-24-52(70-7)25-33-56/h8-43H,1-6H3/b18-16+,19-17+. The number of fused-ring (bicyclic) bond motifs is 6. The van der Waals surface area contributed by atoms with Crippen LogP contribution < -0.4 is 9.80 Å². The van der Waals surface area contributed by atoms with Crippen molar-refractivity contribution in [2.75, 3.05) is 9.80 Å². The predicted octanol–water partition coefficient (Wildman–Crippen LogP) is 18.6. The molecule has 0 aromatic heterocycles. The Hall–Kier alpha value is -8.96. The molecule has 0 fully saturated rings. The first-order chi connectivity index (χ1) is 34.9. The molecule has 0 amide bonds. The van der Waals surface area contributed by atoms with Crippen molar-refractivity contribution in [1.82, 2.24) is 0 Å². The molecule has 0 unspecified atom stereocenters. The van der Waals surface area contributed by atoms with E-state index in [1.54, 1.807) is 0 Å². The normalized spacial score (nSPS) is 13.5. The van der Waals surface area contributed by atoms with E-state index in [2.05, 4.69) is 232 Å². The van der Waals surface area contributed by atoms with Gasteiger partial charge in [0.05, 0.1) is 18.2 Å². The van der Waals surface area contributed by atoms with Gasteiger partial charge in [-0.25, -0.2) is 4.85 Å². The Bertz CT molecular complexity index is 3440. The van der Waals surface area contributed by atoms with Gasteiger partial charge in [-0.3, -0.25) is 0 Å². The summed E-state index contributed by atoms with van der Waals surface area (Å²) in [4.78, 5) is 8.19. The first kappa shape index (κ1) is 45.5. The molecular formula is C68H54N4. The van der Waals surface area contributed by atoms with Crippen molar-refractivity contribution in [1.29, 1.82) is 5.26 Å². The van der Waals surface area contributed by atoms with Crippen molar-refractivity contribution in [2.24, 2.45) is 0 Å². The molecule has 0 saturated carbocycles. The minimum Gasteiger partial charge on any atom is -0.311 e. The molecule has 2 aliphatic rings. The van der Waals surface area contributed by atoms with Crippen molar-refractivity contribution < 1.29 is 0 Å². The maximum atomic E-state index is 9.49. The molecule has 0 atom stereocenters. The molecule has 0 bridgehead atoms. The average Bonchev–Trinajstić information content (AvgIpc) is 3.77. The van der Waals surface area contributed by atoms with E-state index in [9.17, 15) is 5.26 Å². The molecule has 0 aliphatic heterocycles. The van der Waals surface area contributed by atoms with Crippen LogP contribution in [0.3, 0.4) is 0 Å². The molecule has 0 heterocycles. The summed E-state index contributed by atoms with van der Waals surface area (Å²) >= 11 is 0. The maximum Gasteiger partial charge on any atom is 0.187 e. The molecule has 9 aromatic carbocycles. The highest BCUT2D eigenvalue weighted by molar-refractivity contribution is 5.89. The monoisotopic (exact) mass is 926 g/mol. The lowest BCUT2D eigenvalue weighted by Gasteiger charge is -2.28. The molecule has 9 aromatic rings. The van der Waals surface area contributed by atoms with Gasteiger partial charge in [0.1, 0.15) is 0 Å². The number of nitrogens with zero attached hydrogens (tertiary/aromatic N) is 4. The fourth-order valence-electron chi connectivity index (χ4n) is 10.7. The molecule has 4 nitrogen and oxygen atoms in total. The SMILES string of the molecule is [C-]#[N+]c1ccc(N(c2ccc(C)cc2)c2ccc3c(c2)C(C)(C)c2cc(/C=C/c4ccc(/C=C/c5ccc6c(c5)C(C)(C)c5cc(N(c7ccc(C)cc7)c7ccc(C#N)cc7)ccc5-6)cc4)ccc2-3)cc1. The summed E-state index contributed by atoms with van der Waals surface area (Å²) in [7, 11) is 0. The van der Waals surface area contributed by atoms with Crippen LogP contribution in [0.15, 0.2) is 194 Å². The summed E-state index contributed by atoms with van der Waals surface area (Å²) in [6, 6.07) is 71.4. The van der Waals surface area contributed by atoms with E-state index in [0.29, 0.717) is 11.3 Å². The molecule has 11 rings (SSSR count). The highest BCUT2D eigenvalue weighted by atomic mass is 15.1. The molecule has 0 radical (unpaired) electrons. The number of nitriles is 1. The van der Waals surface area contributed by atoms with Gasteiger partial charge in [-0.05, 0) is 166 Å². The van der Waals surface area contributed by atoms with Crippen LogP contribution in [0.1, 0.15) is 88.9 Å². The van der Waals surface area contributed by atoms with E-state index in [1.807, 2.05) is 48.5 Å². The highest BCUT2D eigenvalue weighted by Crippen LogP contribution is 2.53. The second-order valence-electron chi connectivity index (χ2n) is 20.3. The van der Waals surface area contributed by atoms with Crippen molar-refractivity contribution >= 4 is 64.1 Å². The first-order valence-electron chi connectivity index (χ1n) is 24.6. The fraction of sp³-hybridized carbons (Fsp3) is 0.118. The van der Waals surface area contributed by atoms with Crippen LogP contribution in [-0.2, 0) is 10.8 Å². The van der Waals surface area contributed by atoms with Crippen LogP contribution in [0.25, 0.3) is 51.4 Å². The van der Waals surface area contributed by atoms with E-state index in [-0.39, 0.29) is 10.8 Å². The Labute approximate surface area is 424 Å². The summed E-state index contributed by atoms with van der Waals surface area (Å²) in [5, 5.41) is 9.49. The third kappa shape index (κ3) is 8.28. The van der Waals surface area contributed by atoms with Crippen LogP contribution in [-0.4, -0.2) is 0 Å². The topological polar surface area (TPSA) is 34.6 Å². The summed E-state index contributed by atoms with van der Waals surface area (Å²) in [5.74, 6) is 0. The van der Waals surface area contributed by atoms with Gasteiger partial charge in [-0.15, -0.1) is 0 Å². The molecule has 0 saturated heterocycles. The van der Waals surface area contributed by atoms with Crippen molar-refractivity contribution in [3.05, 3.63) is 267 Å². The van der Waals surface area contributed by atoms with Crippen LogP contribution >= 0.6 is 0 Å². The zero-order valence-corrected chi connectivity index (χ0v) is 41.6. The van der Waals surface area contributed by atoms with Crippen LogP contribution in [0, 0.1) is 31.8 Å². The Morgan fingerprint density at radius 2 is 0.694 bits per heavy atom. The minimum atomic E-state index is -0.206. The average molecular weight is 927 g/mol. The maximum absolute atomic E-state index is 9.49. The number of hydrogen-bond donors (Lipinski definition) is 0. The highest BCUT2D eigenvalue weighted by Gasteiger charge is 2.37. The van der Waals surface area contributed by atoms with Gasteiger partial charge in [0.25, 0.3) is 0 Å². The van der Waals surface area contributed by atoms with Gasteiger partial charge in [-0.2, -0.15) is 5.26 Å². The lowest BCUT2D eigenvalue weighted by Crippen LogP contribution is -2.16. The lowest BCUT2D eigenvalue weighted by molar-refractivity contribution is 0.660. The first-order valence-corrected chi connectivity index (χ1v) is 24.6. The number of benzene rings is 9. The fourth-order valence-corrected chi connectivity index (χ4v) is 10.7. The zero-order valence-electron chi connectivity index (χ0n) is 41.6. The molecule has 4 heteroatoms. The lowest BCUT2D eigenvalue weighted by atomic mass is 9.81. The third-order valence-electron chi connectivity index (χ3n) is 14.8. The van der Waals surface area contributed by atoms with Crippen molar-refractivity contribution in [3.8, 4) is 28.3 Å². The second-order valence-corrected chi connectivity index (χ2v) is 20.3. The summed E-state index contributed by atoms with van der Waals surface area (Å²) in [6.45, 7) is 21.0. The minimum absolute atomic E-state index is 0.203. The Balaban J connectivity index is 0.797. The van der Waals surface area contributed by atoms with Gasteiger partial charge in [0, 0.05) is 45.0 Å². The van der Waals surface area contributed by atoms with Crippen LogP contribution in [0.2, 0.25) is 0 Å². The van der Waals surface area contributed by atoms with Crippen LogP contribution in [0.4, 0.5) is 39.8 Å². The molecule has 2 aliphatic carbocycles. The van der Waals surface area contributed by atoms with Crippen molar-refractivity contribution in [3.63, 3.8) is 0 Å². The quantitative estimate of drug-likeness (QED) is 0.101. The number of aryl methyl sites for hydroxylation is 2. The third-order valence-corrected chi connectivity index (χ3v) is 14.8. The van der Waals surface area contributed by atoms with Crippen molar-refractivity contribution in [2.45, 2.75) is 52.4 Å². The summed E-state index contributed by atoms with van der Waals surface area (Å²) < 4.78 is 0. The largest absolute Gasteiger partial charge is 0.311 e. The molecule has 0 N–H and O–H groups in total. The van der Waals surface area contributed by atoms with Gasteiger partial charge < -0.3 is 9.80 Å². The predicted molar refractivity (Wildman–Crippen MR) is 302 cm³/mol. The van der Waals surface area contributed by atoms with E-state index in [1.165, 1.54) is 66.8 Å². The van der Waals surface area contributed by atoms with E-state index < -0.39 is 0 Å². The van der Waals surface area contributed by atoms with Gasteiger partial charge in [0.15, 0.2) is 5.69 Å². The molecule has 72 heavy (non-hydrogen) atoms. The molecule has 0 spiro atoms. The van der Waals surface area contributed by atoms with E-state index in [4.69, 9.17) is 6.57 Å². The van der Waals surface area contributed by atoms with Gasteiger partial charge in [-0.1, -0.05) is 172 Å². The number of rotatable bonds is 10. The second kappa shape index (κ2) is 18.1. The summed E-state index contributed by atoms with van der Waals surface area (Å²) in [6.07, 6.45) is 8.86. The van der Waals surface area contributed by atoms with Crippen LogP contribution in [0.5, 0.6) is 0 Å². The molecule has 346 valence electrons. The molecular weight excluding hydrogens is 873 g/mol. The smallest absolute Gasteiger partial charge is 0.187 e. The Morgan fingerprint density at radius 3 is 1.07 bits per heavy atom. The zero-order chi connectivity index (χ0) is 49.7. The van der Waals surface area contributed by atoms with E-state index in [0.717, 1.165) is 45.3 Å².